The molecule has 0 aromatic heterocycles. The zero-order chi connectivity index (χ0) is 12.0. The molecule has 0 radical (unpaired) electrons. The summed E-state index contributed by atoms with van der Waals surface area (Å²) >= 11 is 0. The molecule has 0 saturated carbocycles. The maximum atomic E-state index is 11.8. The summed E-state index contributed by atoms with van der Waals surface area (Å²) in [7, 11) is 3.37. The van der Waals surface area contributed by atoms with Gasteiger partial charge in [0.05, 0.1) is 18.6 Å². The highest BCUT2D eigenvalue weighted by molar-refractivity contribution is 5.76. The summed E-state index contributed by atoms with van der Waals surface area (Å²) in [5.41, 5.74) is 5.47. The molecule has 0 bridgehead atoms. The van der Waals surface area contributed by atoms with Crippen LogP contribution in [0.5, 0.6) is 0 Å². The average Bonchev–Trinajstić information content (AvgIpc) is 2.78. The fourth-order valence-corrected chi connectivity index (χ4v) is 1.81. The first-order valence-corrected chi connectivity index (χ1v) is 5.75. The number of carbonyl (C=O) groups is 1. The van der Waals surface area contributed by atoms with Crippen molar-refractivity contribution in [1.29, 1.82) is 0 Å². The number of hydrogen-bond donors (Lipinski definition) is 1. The van der Waals surface area contributed by atoms with Gasteiger partial charge in [0.1, 0.15) is 0 Å². The van der Waals surface area contributed by atoms with Gasteiger partial charge in [-0.3, -0.25) is 4.79 Å². The molecule has 16 heavy (non-hydrogen) atoms. The largest absolute Gasteiger partial charge is 0.380 e. The standard InChI is InChI=1S/C11H22N2O3/c1-13(8-9-4-3-5-16-9)11(14)6-10(7-12)15-2/h9-10H,3-8,12H2,1-2H3. The topological polar surface area (TPSA) is 64.8 Å². The minimum Gasteiger partial charge on any atom is -0.380 e. The second-order valence-electron chi connectivity index (χ2n) is 4.21. The molecule has 0 aliphatic carbocycles. The Balaban J connectivity index is 2.28. The van der Waals surface area contributed by atoms with E-state index in [0.29, 0.717) is 19.5 Å². The van der Waals surface area contributed by atoms with Crippen molar-refractivity contribution in [2.75, 3.05) is 33.9 Å². The molecule has 2 atom stereocenters. The molecule has 1 heterocycles. The van der Waals surface area contributed by atoms with Crippen LogP contribution in [0, 0.1) is 0 Å². The summed E-state index contributed by atoms with van der Waals surface area (Å²) in [6.45, 7) is 1.85. The van der Waals surface area contributed by atoms with E-state index in [1.54, 1.807) is 19.1 Å². The zero-order valence-electron chi connectivity index (χ0n) is 10.1. The van der Waals surface area contributed by atoms with E-state index in [0.717, 1.165) is 19.4 Å². The van der Waals surface area contributed by atoms with Gasteiger partial charge < -0.3 is 20.1 Å². The number of nitrogens with two attached hydrogens (primary N) is 1. The van der Waals surface area contributed by atoms with Crippen LogP contribution in [0.15, 0.2) is 0 Å². The predicted molar refractivity (Wildman–Crippen MR) is 61.1 cm³/mol. The van der Waals surface area contributed by atoms with Gasteiger partial charge in [-0.2, -0.15) is 0 Å². The van der Waals surface area contributed by atoms with Crippen molar-refractivity contribution in [2.45, 2.75) is 31.5 Å². The molecular weight excluding hydrogens is 208 g/mol. The monoisotopic (exact) mass is 230 g/mol. The van der Waals surface area contributed by atoms with Crippen molar-refractivity contribution in [3.8, 4) is 0 Å². The van der Waals surface area contributed by atoms with Gasteiger partial charge >= 0.3 is 0 Å². The smallest absolute Gasteiger partial charge is 0.225 e. The summed E-state index contributed by atoms with van der Waals surface area (Å²) in [4.78, 5) is 13.5. The van der Waals surface area contributed by atoms with Crippen molar-refractivity contribution in [1.82, 2.24) is 4.90 Å². The van der Waals surface area contributed by atoms with Crippen molar-refractivity contribution in [3.05, 3.63) is 0 Å². The van der Waals surface area contributed by atoms with Crippen LogP contribution in [-0.2, 0) is 14.3 Å². The molecule has 1 amide bonds. The summed E-state index contributed by atoms with van der Waals surface area (Å²) in [5, 5.41) is 0. The Morgan fingerprint density at radius 2 is 2.44 bits per heavy atom. The summed E-state index contributed by atoms with van der Waals surface area (Å²) in [5.74, 6) is 0.0628. The molecule has 1 rings (SSSR count). The van der Waals surface area contributed by atoms with Crippen molar-refractivity contribution < 1.29 is 14.3 Å². The van der Waals surface area contributed by atoms with E-state index in [9.17, 15) is 4.79 Å². The first-order valence-electron chi connectivity index (χ1n) is 5.75. The molecule has 5 nitrogen and oxygen atoms in total. The lowest BCUT2D eigenvalue weighted by Gasteiger charge is -2.22. The highest BCUT2D eigenvalue weighted by Gasteiger charge is 2.21. The Hall–Kier alpha value is -0.650. The van der Waals surface area contributed by atoms with E-state index in [1.165, 1.54) is 0 Å². The highest BCUT2D eigenvalue weighted by Crippen LogP contribution is 2.13. The van der Waals surface area contributed by atoms with Crippen LogP contribution in [0.25, 0.3) is 0 Å². The molecule has 0 aromatic rings. The molecule has 1 aliphatic heterocycles. The van der Waals surface area contributed by atoms with Crippen LogP contribution in [0.3, 0.4) is 0 Å². The van der Waals surface area contributed by atoms with Crippen molar-refractivity contribution >= 4 is 5.91 Å². The Morgan fingerprint density at radius 3 is 2.94 bits per heavy atom. The fraction of sp³-hybridized carbons (Fsp3) is 0.909. The van der Waals surface area contributed by atoms with Crippen LogP contribution in [0.2, 0.25) is 0 Å². The van der Waals surface area contributed by atoms with E-state index >= 15 is 0 Å². The molecule has 2 unspecified atom stereocenters. The van der Waals surface area contributed by atoms with E-state index in [2.05, 4.69) is 0 Å². The van der Waals surface area contributed by atoms with Crippen LogP contribution in [0.4, 0.5) is 0 Å². The van der Waals surface area contributed by atoms with Crippen LogP contribution < -0.4 is 5.73 Å². The van der Waals surface area contributed by atoms with Crippen LogP contribution in [-0.4, -0.2) is 56.9 Å². The number of hydrogen-bond acceptors (Lipinski definition) is 4. The first-order chi connectivity index (χ1) is 7.67. The molecule has 1 saturated heterocycles. The molecule has 5 heteroatoms. The van der Waals surface area contributed by atoms with E-state index in [4.69, 9.17) is 15.2 Å². The maximum Gasteiger partial charge on any atom is 0.225 e. The Morgan fingerprint density at radius 1 is 1.69 bits per heavy atom. The van der Waals surface area contributed by atoms with Gasteiger partial charge in [-0.05, 0) is 12.8 Å². The zero-order valence-corrected chi connectivity index (χ0v) is 10.1. The number of rotatable bonds is 6. The third kappa shape index (κ3) is 4.08. The van der Waals surface area contributed by atoms with Gasteiger partial charge in [0, 0.05) is 33.9 Å². The highest BCUT2D eigenvalue weighted by atomic mass is 16.5. The molecular formula is C11H22N2O3. The minimum absolute atomic E-state index is 0.0628. The fourth-order valence-electron chi connectivity index (χ4n) is 1.81. The van der Waals surface area contributed by atoms with Gasteiger partial charge in [-0.25, -0.2) is 0 Å². The van der Waals surface area contributed by atoms with Gasteiger partial charge in [0.15, 0.2) is 0 Å². The molecule has 1 aliphatic rings. The van der Waals surface area contributed by atoms with Crippen LogP contribution >= 0.6 is 0 Å². The summed E-state index contributed by atoms with van der Waals surface area (Å²) in [6, 6.07) is 0. The third-order valence-electron chi connectivity index (χ3n) is 2.93. The SMILES string of the molecule is COC(CN)CC(=O)N(C)CC1CCCO1. The van der Waals surface area contributed by atoms with Crippen molar-refractivity contribution in [3.63, 3.8) is 0 Å². The summed E-state index contributed by atoms with van der Waals surface area (Å²) < 4.78 is 10.6. The van der Waals surface area contributed by atoms with E-state index in [1.807, 2.05) is 0 Å². The lowest BCUT2D eigenvalue weighted by molar-refractivity contribution is -0.133. The van der Waals surface area contributed by atoms with Crippen LogP contribution in [0.1, 0.15) is 19.3 Å². The number of carbonyl (C=O) groups excluding carboxylic acids is 1. The summed E-state index contributed by atoms with van der Waals surface area (Å²) in [6.07, 6.45) is 2.50. The van der Waals surface area contributed by atoms with Gasteiger partial charge in [-0.15, -0.1) is 0 Å². The van der Waals surface area contributed by atoms with Crippen molar-refractivity contribution in [2.24, 2.45) is 5.73 Å². The Labute approximate surface area is 96.9 Å². The third-order valence-corrected chi connectivity index (χ3v) is 2.93. The lowest BCUT2D eigenvalue weighted by atomic mass is 10.2. The first kappa shape index (κ1) is 13.4. The van der Waals surface area contributed by atoms with Gasteiger partial charge in [-0.1, -0.05) is 0 Å². The number of nitrogens with zero attached hydrogens (tertiary/aromatic N) is 1. The normalized spacial score (nSPS) is 22.1. The second-order valence-corrected chi connectivity index (χ2v) is 4.21. The van der Waals surface area contributed by atoms with Gasteiger partial charge in [0.2, 0.25) is 5.91 Å². The average molecular weight is 230 g/mol. The number of ether oxygens (including phenoxy) is 2. The maximum absolute atomic E-state index is 11.8. The Bertz CT molecular complexity index is 213. The van der Waals surface area contributed by atoms with E-state index in [-0.39, 0.29) is 18.1 Å². The Kier molecular flexibility index (Phi) is 5.73. The molecule has 1 fully saturated rings. The lowest BCUT2D eigenvalue weighted by Crippen LogP contribution is -2.37. The minimum atomic E-state index is -0.181. The number of methoxy groups -OCH3 is 1. The molecule has 0 aromatic carbocycles. The number of likely N-dealkylation sites (N-methyl/N-ethyl adjacent to an activating group) is 1. The molecule has 94 valence electrons. The number of amides is 1. The second kappa shape index (κ2) is 6.83. The molecule has 0 spiro atoms. The quantitative estimate of drug-likeness (QED) is 0.697. The van der Waals surface area contributed by atoms with E-state index < -0.39 is 0 Å². The predicted octanol–water partition coefficient (Wildman–Crippen LogP) is -0.0124. The molecule has 2 N–H and O–H groups in total. The van der Waals surface area contributed by atoms with Gasteiger partial charge in [0.25, 0.3) is 0 Å².